The van der Waals surface area contributed by atoms with E-state index in [1.807, 2.05) is 26.2 Å². The Labute approximate surface area is 63.0 Å². The van der Waals surface area contributed by atoms with Crippen molar-refractivity contribution in [3.05, 3.63) is 0 Å². The second kappa shape index (κ2) is 3.57. The van der Waals surface area contributed by atoms with Crippen molar-refractivity contribution in [2.75, 3.05) is 0 Å². The summed E-state index contributed by atoms with van der Waals surface area (Å²) in [5.41, 5.74) is 1.91. The fourth-order valence-corrected chi connectivity index (χ4v) is 0.971. The van der Waals surface area contributed by atoms with Gasteiger partial charge < -0.3 is 4.43 Å². The van der Waals surface area contributed by atoms with E-state index >= 15 is 0 Å². The number of nitrogens with one attached hydrogen (secondary N) is 1. The van der Waals surface area contributed by atoms with Crippen LogP contribution in [0.4, 0.5) is 4.79 Å². The molecule has 5 heteroatoms. The molecule has 0 rings (SSSR count). The van der Waals surface area contributed by atoms with Crippen LogP contribution in [0.5, 0.6) is 0 Å². The first-order valence-electron chi connectivity index (χ1n) is 3.09. The first kappa shape index (κ1) is 9.45. The van der Waals surface area contributed by atoms with Crippen LogP contribution in [0.1, 0.15) is 20.8 Å². The van der Waals surface area contributed by atoms with Gasteiger partial charge in [0.15, 0.2) is 0 Å². The highest BCUT2D eigenvalue weighted by molar-refractivity contribution is 6.34. The molecule has 0 spiro atoms. The predicted octanol–water partition coefficient (Wildman–Crippen LogP) is -0.111. The number of carbonyl (C=O) groups is 1. The topological polar surface area (TPSA) is 64.3 Å². The molecule has 0 saturated heterocycles. The molecule has 0 fully saturated rings. The van der Waals surface area contributed by atoms with Crippen molar-refractivity contribution in [3.63, 3.8) is 0 Å². The molecule has 0 aliphatic carbocycles. The third-order valence-electron chi connectivity index (χ3n) is 0.754. The van der Waals surface area contributed by atoms with Gasteiger partial charge in [-0.05, 0) is 5.04 Å². The van der Waals surface area contributed by atoms with E-state index in [2.05, 4.69) is 0 Å². The highest BCUT2D eigenvalue weighted by atomic mass is 28.2. The molecule has 0 atom stereocenters. The van der Waals surface area contributed by atoms with E-state index in [1.165, 1.54) is 0 Å². The van der Waals surface area contributed by atoms with Gasteiger partial charge in [-0.2, -0.15) is 0 Å². The summed E-state index contributed by atoms with van der Waals surface area (Å²) < 4.78 is 4.82. The Kier molecular flexibility index (Phi) is 3.38. The SMILES string of the molecule is CC(C)(C)[SiH2]OC(=O)NN. The Morgan fingerprint density at radius 1 is 1.60 bits per heavy atom. The Bertz CT molecular complexity index is 121. The summed E-state index contributed by atoms with van der Waals surface area (Å²) in [6, 6.07) is 0. The summed E-state index contributed by atoms with van der Waals surface area (Å²) in [5.74, 6) is 4.80. The Hall–Kier alpha value is -0.553. The van der Waals surface area contributed by atoms with Gasteiger partial charge in [-0.3, -0.25) is 5.43 Å². The summed E-state index contributed by atoms with van der Waals surface area (Å²) >= 11 is 0. The van der Waals surface area contributed by atoms with E-state index in [0.717, 1.165) is 0 Å². The van der Waals surface area contributed by atoms with Crippen LogP contribution in [0.2, 0.25) is 5.04 Å². The normalized spacial score (nSPS) is 12.0. The molecular weight excluding hydrogens is 148 g/mol. The standard InChI is InChI=1S/C5H14N2O2Si/c1-5(2,3)10-9-4(8)7-6/h6,10H2,1-3H3,(H,7,8). The minimum absolute atomic E-state index is 0.131. The highest BCUT2D eigenvalue weighted by Gasteiger charge is 2.13. The lowest BCUT2D eigenvalue weighted by Gasteiger charge is -2.16. The summed E-state index contributed by atoms with van der Waals surface area (Å²) in [6.07, 6.45) is -0.526. The van der Waals surface area contributed by atoms with E-state index in [-0.39, 0.29) is 5.04 Å². The van der Waals surface area contributed by atoms with Gasteiger partial charge in [0, 0.05) is 0 Å². The lowest BCUT2D eigenvalue weighted by atomic mass is 10.3. The van der Waals surface area contributed by atoms with Gasteiger partial charge in [-0.1, -0.05) is 20.8 Å². The van der Waals surface area contributed by atoms with E-state index in [0.29, 0.717) is 0 Å². The maximum Gasteiger partial charge on any atom is 0.407 e. The smallest absolute Gasteiger partial charge is 0.407 e. The van der Waals surface area contributed by atoms with Crippen molar-refractivity contribution in [1.82, 2.24) is 5.43 Å². The van der Waals surface area contributed by atoms with Crippen LogP contribution in [-0.2, 0) is 4.43 Å². The Morgan fingerprint density at radius 3 is 2.40 bits per heavy atom. The zero-order chi connectivity index (χ0) is 8.20. The van der Waals surface area contributed by atoms with Crippen LogP contribution >= 0.6 is 0 Å². The summed E-state index contributed by atoms with van der Waals surface area (Å²) in [6.45, 7) is 6.09. The van der Waals surface area contributed by atoms with Crippen LogP contribution in [0, 0.1) is 0 Å². The van der Waals surface area contributed by atoms with Crippen LogP contribution in [0.3, 0.4) is 0 Å². The summed E-state index contributed by atoms with van der Waals surface area (Å²) in [4.78, 5) is 10.4. The summed E-state index contributed by atoms with van der Waals surface area (Å²) in [7, 11) is -0.801. The van der Waals surface area contributed by atoms with Gasteiger partial charge in [0.2, 0.25) is 9.76 Å². The Morgan fingerprint density at radius 2 is 2.10 bits per heavy atom. The second-order valence-electron chi connectivity index (χ2n) is 3.28. The molecule has 0 aliphatic heterocycles. The van der Waals surface area contributed by atoms with Gasteiger partial charge in [0.25, 0.3) is 0 Å². The van der Waals surface area contributed by atoms with Gasteiger partial charge in [0.05, 0.1) is 0 Å². The summed E-state index contributed by atoms with van der Waals surface area (Å²) in [5, 5.41) is 0.131. The third kappa shape index (κ3) is 5.58. The number of rotatable bonds is 1. The molecule has 3 N–H and O–H groups in total. The molecule has 0 heterocycles. The predicted molar refractivity (Wildman–Crippen MR) is 42.1 cm³/mol. The number of hydrogen-bond acceptors (Lipinski definition) is 3. The molecule has 0 bridgehead atoms. The average Bonchev–Trinajstić information content (AvgIpc) is 1.81. The Balaban J connectivity index is 3.46. The van der Waals surface area contributed by atoms with Gasteiger partial charge in [-0.25, -0.2) is 10.6 Å². The zero-order valence-electron chi connectivity index (χ0n) is 6.60. The van der Waals surface area contributed by atoms with Crippen molar-refractivity contribution in [2.45, 2.75) is 25.8 Å². The number of hydrazine groups is 1. The van der Waals surface area contributed by atoms with Crippen molar-refractivity contribution < 1.29 is 9.22 Å². The van der Waals surface area contributed by atoms with Crippen molar-refractivity contribution in [2.24, 2.45) is 5.84 Å². The van der Waals surface area contributed by atoms with Gasteiger partial charge in [0.1, 0.15) is 0 Å². The molecule has 0 aromatic carbocycles. The molecule has 10 heavy (non-hydrogen) atoms. The molecule has 60 valence electrons. The lowest BCUT2D eigenvalue weighted by molar-refractivity contribution is 0.201. The first-order valence-corrected chi connectivity index (χ1v) is 4.37. The molecule has 0 unspecified atom stereocenters. The third-order valence-corrected chi connectivity index (χ3v) is 2.03. The van der Waals surface area contributed by atoms with Crippen LogP contribution in [-0.4, -0.2) is 15.9 Å². The molecule has 0 aromatic rings. The van der Waals surface area contributed by atoms with Crippen molar-refractivity contribution in [1.29, 1.82) is 0 Å². The van der Waals surface area contributed by atoms with E-state index in [9.17, 15) is 4.79 Å². The number of carbonyl (C=O) groups excluding carboxylic acids is 1. The quantitative estimate of drug-likeness (QED) is 0.245. The van der Waals surface area contributed by atoms with Crippen LogP contribution in [0.25, 0.3) is 0 Å². The highest BCUT2D eigenvalue weighted by Crippen LogP contribution is 2.19. The van der Waals surface area contributed by atoms with Crippen LogP contribution < -0.4 is 11.3 Å². The molecule has 0 aromatic heterocycles. The number of amides is 1. The fraction of sp³-hybridized carbons (Fsp3) is 0.800. The minimum atomic E-state index is -0.801. The van der Waals surface area contributed by atoms with E-state index < -0.39 is 15.9 Å². The molecule has 4 nitrogen and oxygen atoms in total. The maximum atomic E-state index is 10.4. The lowest BCUT2D eigenvalue weighted by Crippen LogP contribution is -2.33. The molecule has 0 aliphatic rings. The molecular formula is C5H14N2O2Si. The number of hydrogen-bond donors (Lipinski definition) is 2. The monoisotopic (exact) mass is 162 g/mol. The van der Waals surface area contributed by atoms with Crippen LogP contribution in [0.15, 0.2) is 0 Å². The van der Waals surface area contributed by atoms with Crippen molar-refractivity contribution >= 4 is 15.9 Å². The maximum absolute atomic E-state index is 10.4. The van der Waals surface area contributed by atoms with Crippen molar-refractivity contribution in [3.8, 4) is 0 Å². The molecule has 0 saturated carbocycles. The zero-order valence-corrected chi connectivity index (χ0v) is 8.02. The van der Waals surface area contributed by atoms with Gasteiger partial charge >= 0.3 is 6.09 Å². The van der Waals surface area contributed by atoms with Gasteiger partial charge in [-0.15, -0.1) is 0 Å². The average molecular weight is 162 g/mol. The largest absolute Gasteiger partial charge is 0.508 e. The molecule has 1 amide bonds. The fourth-order valence-electron chi connectivity index (χ4n) is 0.324. The first-order chi connectivity index (χ1) is 4.45. The number of nitrogens with two attached hydrogens (primary N) is 1. The van der Waals surface area contributed by atoms with E-state index in [1.54, 1.807) is 0 Å². The minimum Gasteiger partial charge on any atom is -0.508 e. The van der Waals surface area contributed by atoms with E-state index in [4.69, 9.17) is 10.3 Å². The molecule has 0 radical (unpaired) electrons. The second-order valence-corrected chi connectivity index (χ2v) is 5.98.